The maximum Gasteiger partial charge on any atom is 0.506 e. The van der Waals surface area contributed by atoms with Crippen molar-refractivity contribution in [2.45, 2.75) is 51.6 Å². The Balaban J connectivity index is 2.18. The summed E-state index contributed by atoms with van der Waals surface area (Å²) in [5, 5.41) is 8.39. The molecule has 0 aromatic rings. The van der Waals surface area contributed by atoms with Crippen LogP contribution < -0.4 is 0 Å². The predicted molar refractivity (Wildman–Crippen MR) is 49.8 cm³/mol. The summed E-state index contributed by atoms with van der Waals surface area (Å²) in [5.41, 5.74) is 0. The standard InChI is InChI=1S/C10H18O3/c1-8(13-10(11)12)7-9-5-3-2-4-6-9/h8-9H,2-7H2,1H3,(H,11,12). The molecule has 1 rings (SSSR count). The maximum absolute atomic E-state index is 10.2. The molecule has 0 radical (unpaired) electrons. The number of carboxylic acid groups (broad SMARTS) is 1. The van der Waals surface area contributed by atoms with Gasteiger partial charge in [0.15, 0.2) is 0 Å². The largest absolute Gasteiger partial charge is 0.506 e. The van der Waals surface area contributed by atoms with E-state index in [0.29, 0.717) is 5.92 Å². The van der Waals surface area contributed by atoms with Crippen molar-refractivity contribution in [1.29, 1.82) is 0 Å². The molecule has 0 bridgehead atoms. The second kappa shape index (κ2) is 5.10. The molecule has 13 heavy (non-hydrogen) atoms. The molecule has 0 aliphatic heterocycles. The highest BCUT2D eigenvalue weighted by molar-refractivity contribution is 5.56. The Morgan fingerprint density at radius 1 is 1.46 bits per heavy atom. The van der Waals surface area contributed by atoms with Crippen LogP contribution in [0.1, 0.15) is 45.4 Å². The van der Waals surface area contributed by atoms with E-state index in [9.17, 15) is 4.79 Å². The van der Waals surface area contributed by atoms with Crippen LogP contribution >= 0.6 is 0 Å². The molecule has 1 fully saturated rings. The minimum absolute atomic E-state index is 0.138. The van der Waals surface area contributed by atoms with Gasteiger partial charge in [0.1, 0.15) is 6.10 Å². The van der Waals surface area contributed by atoms with Crippen molar-refractivity contribution < 1.29 is 14.6 Å². The topological polar surface area (TPSA) is 46.5 Å². The molecule has 0 spiro atoms. The number of hydrogen-bond acceptors (Lipinski definition) is 2. The lowest BCUT2D eigenvalue weighted by molar-refractivity contribution is 0.0462. The van der Waals surface area contributed by atoms with Crippen molar-refractivity contribution in [2.24, 2.45) is 5.92 Å². The summed E-state index contributed by atoms with van der Waals surface area (Å²) in [5.74, 6) is 0.683. The van der Waals surface area contributed by atoms with E-state index in [0.717, 1.165) is 6.42 Å². The lowest BCUT2D eigenvalue weighted by Gasteiger charge is -2.23. The van der Waals surface area contributed by atoms with Crippen molar-refractivity contribution in [2.75, 3.05) is 0 Å². The highest BCUT2D eigenvalue weighted by Crippen LogP contribution is 2.27. The van der Waals surface area contributed by atoms with E-state index >= 15 is 0 Å². The van der Waals surface area contributed by atoms with E-state index in [2.05, 4.69) is 4.74 Å². The molecule has 1 atom stereocenters. The van der Waals surface area contributed by atoms with Gasteiger partial charge in [-0.2, -0.15) is 0 Å². The fraction of sp³-hybridized carbons (Fsp3) is 0.900. The van der Waals surface area contributed by atoms with Crippen LogP contribution in [-0.2, 0) is 4.74 Å². The highest BCUT2D eigenvalue weighted by atomic mass is 16.7. The zero-order chi connectivity index (χ0) is 9.68. The first-order valence-corrected chi connectivity index (χ1v) is 5.08. The van der Waals surface area contributed by atoms with Crippen LogP contribution in [0, 0.1) is 5.92 Å². The van der Waals surface area contributed by atoms with Gasteiger partial charge >= 0.3 is 6.16 Å². The summed E-state index contributed by atoms with van der Waals surface area (Å²) in [4.78, 5) is 10.2. The lowest BCUT2D eigenvalue weighted by Crippen LogP contribution is -2.18. The average molecular weight is 186 g/mol. The quantitative estimate of drug-likeness (QED) is 0.689. The van der Waals surface area contributed by atoms with E-state index in [-0.39, 0.29) is 6.10 Å². The third-order valence-electron chi connectivity index (χ3n) is 2.69. The smallest absolute Gasteiger partial charge is 0.450 e. The minimum atomic E-state index is -1.15. The molecule has 3 heteroatoms. The van der Waals surface area contributed by atoms with Crippen LogP contribution in [0.3, 0.4) is 0 Å². The van der Waals surface area contributed by atoms with Crippen molar-refractivity contribution in [3.05, 3.63) is 0 Å². The Morgan fingerprint density at radius 3 is 2.62 bits per heavy atom. The van der Waals surface area contributed by atoms with Crippen LogP contribution in [0.5, 0.6) is 0 Å². The number of hydrogen-bond donors (Lipinski definition) is 1. The molecule has 1 aliphatic rings. The van der Waals surface area contributed by atoms with Gasteiger partial charge in [-0.05, 0) is 19.3 Å². The number of ether oxygens (including phenoxy) is 1. The Labute approximate surface area is 79.1 Å². The Kier molecular flexibility index (Phi) is 4.06. The number of rotatable bonds is 3. The summed E-state index contributed by atoms with van der Waals surface area (Å²) >= 11 is 0. The molecule has 1 N–H and O–H groups in total. The fourth-order valence-corrected chi connectivity index (χ4v) is 2.11. The molecule has 1 aliphatic carbocycles. The van der Waals surface area contributed by atoms with Crippen molar-refractivity contribution in [1.82, 2.24) is 0 Å². The van der Waals surface area contributed by atoms with Gasteiger partial charge in [-0.3, -0.25) is 0 Å². The summed E-state index contributed by atoms with van der Waals surface area (Å²) < 4.78 is 4.67. The highest BCUT2D eigenvalue weighted by Gasteiger charge is 2.18. The zero-order valence-electron chi connectivity index (χ0n) is 8.16. The van der Waals surface area contributed by atoms with Crippen molar-refractivity contribution >= 4 is 6.16 Å². The second-order valence-electron chi connectivity index (χ2n) is 3.93. The normalized spacial score (nSPS) is 21.0. The molecular weight excluding hydrogens is 168 g/mol. The minimum Gasteiger partial charge on any atom is -0.450 e. The van der Waals surface area contributed by atoms with Gasteiger partial charge < -0.3 is 9.84 Å². The molecular formula is C10H18O3. The second-order valence-corrected chi connectivity index (χ2v) is 3.93. The van der Waals surface area contributed by atoms with Gasteiger partial charge in [-0.1, -0.05) is 32.1 Å². The molecule has 0 saturated heterocycles. The first-order chi connectivity index (χ1) is 6.18. The van der Waals surface area contributed by atoms with Gasteiger partial charge in [0.05, 0.1) is 0 Å². The molecule has 3 nitrogen and oxygen atoms in total. The third kappa shape index (κ3) is 4.15. The molecule has 1 saturated carbocycles. The predicted octanol–water partition coefficient (Wildman–Crippen LogP) is 3.04. The lowest BCUT2D eigenvalue weighted by atomic mass is 9.86. The molecule has 0 amide bonds. The third-order valence-corrected chi connectivity index (χ3v) is 2.69. The molecule has 0 heterocycles. The van der Waals surface area contributed by atoms with Gasteiger partial charge in [-0.15, -0.1) is 0 Å². The molecule has 0 aromatic carbocycles. The van der Waals surface area contributed by atoms with Crippen LogP contribution in [0.25, 0.3) is 0 Å². The van der Waals surface area contributed by atoms with Crippen LogP contribution in [0.15, 0.2) is 0 Å². The van der Waals surface area contributed by atoms with E-state index in [1.807, 2.05) is 6.92 Å². The monoisotopic (exact) mass is 186 g/mol. The summed E-state index contributed by atoms with van der Waals surface area (Å²) in [6.07, 6.45) is 6.02. The zero-order valence-corrected chi connectivity index (χ0v) is 8.16. The molecule has 0 aromatic heterocycles. The Hall–Kier alpha value is -0.730. The Morgan fingerprint density at radius 2 is 2.08 bits per heavy atom. The average Bonchev–Trinajstić information content (AvgIpc) is 2.04. The van der Waals surface area contributed by atoms with Crippen LogP contribution in [0.4, 0.5) is 4.79 Å². The van der Waals surface area contributed by atoms with E-state index in [4.69, 9.17) is 5.11 Å². The van der Waals surface area contributed by atoms with E-state index < -0.39 is 6.16 Å². The first kappa shape index (κ1) is 10.4. The van der Waals surface area contributed by atoms with Crippen molar-refractivity contribution in [3.8, 4) is 0 Å². The summed E-state index contributed by atoms with van der Waals surface area (Å²) in [6.45, 7) is 1.84. The van der Waals surface area contributed by atoms with Gasteiger partial charge in [0, 0.05) is 0 Å². The van der Waals surface area contributed by atoms with Crippen molar-refractivity contribution in [3.63, 3.8) is 0 Å². The number of carbonyl (C=O) groups is 1. The first-order valence-electron chi connectivity index (χ1n) is 5.08. The summed E-state index contributed by atoms with van der Waals surface area (Å²) in [7, 11) is 0. The van der Waals surface area contributed by atoms with Gasteiger partial charge in [0.25, 0.3) is 0 Å². The molecule has 76 valence electrons. The fourth-order valence-electron chi connectivity index (χ4n) is 2.11. The van der Waals surface area contributed by atoms with E-state index in [1.165, 1.54) is 32.1 Å². The maximum atomic E-state index is 10.2. The SMILES string of the molecule is CC(CC1CCCCC1)OC(=O)O. The van der Waals surface area contributed by atoms with E-state index in [1.54, 1.807) is 0 Å². The Bertz CT molecular complexity index is 162. The van der Waals surface area contributed by atoms with Crippen LogP contribution in [0.2, 0.25) is 0 Å². The van der Waals surface area contributed by atoms with Gasteiger partial charge in [0.2, 0.25) is 0 Å². The van der Waals surface area contributed by atoms with Crippen LogP contribution in [-0.4, -0.2) is 17.4 Å². The van der Waals surface area contributed by atoms with Gasteiger partial charge in [-0.25, -0.2) is 4.79 Å². The summed E-state index contributed by atoms with van der Waals surface area (Å²) in [6, 6.07) is 0. The molecule has 1 unspecified atom stereocenters.